The van der Waals surface area contributed by atoms with Crippen LogP contribution < -0.4 is 15.0 Å². The van der Waals surface area contributed by atoms with Gasteiger partial charge in [-0.25, -0.2) is 4.98 Å². The van der Waals surface area contributed by atoms with Crippen LogP contribution in [0.15, 0.2) is 66.7 Å². The van der Waals surface area contributed by atoms with Crippen LogP contribution in [-0.4, -0.2) is 29.1 Å². The van der Waals surface area contributed by atoms with Gasteiger partial charge in [-0.2, -0.15) is 0 Å². The molecule has 3 aromatic carbocycles. The second-order valence-corrected chi connectivity index (χ2v) is 7.90. The van der Waals surface area contributed by atoms with Gasteiger partial charge in [0.1, 0.15) is 11.6 Å². The lowest BCUT2D eigenvalue weighted by Gasteiger charge is -2.30. The normalized spacial score (nSPS) is 13.2. The summed E-state index contributed by atoms with van der Waals surface area (Å²) in [4.78, 5) is 19.5. The molecule has 1 aliphatic rings. The molecule has 0 radical (unpaired) electrons. The van der Waals surface area contributed by atoms with E-state index in [-0.39, 0.29) is 5.91 Å². The first kappa shape index (κ1) is 19.5. The van der Waals surface area contributed by atoms with Crippen LogP contribution in [0.1, 0.15) is 16.2 Å². The predicted octanol–water partition coefficient (Wildman–Crippen LogP) is 4.97. The van der Waals surface area contributed by atoms with Crippen molar-refractivity contribution in [2.75, 3.05) is 23.9 Å². The highest BCUT2D eigenvalue weighted by atomic mass is 35.5. The molecule has 0 fully saturated rings. The van der Waals surface area contributed by atoms with E-state index in [1.54, 1.807) is 31.4 Å². The van der Waals surface area contributed by atoms with Crippen LogP contribution in [0.4, 0.5) is 11.4 Å². The Labute approximate surface area is 185 Å². The molecule has 0 spiro atoms. The maximum atomic E-state index is 12.5. The monoisotopic (exact) mass is 432 g/mol. The Hall–Kier alpha value is -3.51. The van der Waals surface area contributed by atoms with Crippen molar-refractivity contribution in [3.05, 3.63) is 83.1 Å². The van der Waals surface area contributed by atoms with E-state index >= 15 is 0 Å². The van der Waals surface area contributed by atoms with Crippen molar-refractivity contribution in [1.29, 1.82) is 0 Å². The van der Waals surface area contributed by atoms with Crippen LogP contribution >= 0.6 is 11.6 Å². The summed E-state index contributed by atoms with van der Waals surface area (Å²) in [5, 5.41) is 3.64. The van der Waals surface area contributed by atoms with Gasteiger partial charge in [0.05, 0.1) is 24.7 Å². The molecule has 4 aromatic rings. The van der Waals surface area contributed by atoms with Gasteiger partial charge < -0.3 is 19.5 Å². The fraction of sp³-hybridized carbons (Fsp3) is 0.167. The van der Waals surface area contributed by atoms with Crippen molar-refractivity contribution in [3.8, 4) is 5.75 Å². The van der Waals surface area contributed by atoms with Gasteiger partial charge in [-0.1, -0.05) is 11.6 Å². The molecule has 1 aromatic heterocycles. The molecule has 0 atom stereocenters. The van der Waals surface area contributed by atoms with Crippen molar-refractivity contribution in [2.24, 2.45) is 0 Å². The van der Waals surface area contributed by atoms with Gasteiger partial charge in [-0.05, 0) is 66.7 Å². The minimum absolute atomic E-state index is 0.152. The fourth-order valence-electron chi connectivity index (χ4n) is 3.92. The molecule has 7 heteroatoms. The molecule has 6 nitrogen and oxygen atoms in total. The van der Waals surface area contributed by atoms with Gasteiger partial charge in [0.15, 0.2) is 0 Å². The summed E-state index contributed by atoms with van der Waals surface area (Å²) < 4.78 is 7.39. The number of nitrogens with one attached hydrogen (secondary N) is 1. The number of carbonyl (C=O) groups is 1. The molecule has 0 bridgehead atoms. The maximum absolute atomic E-state index is 12.5. The number of benzene rings is 3. The van der Waals surface area contributed by atoms with E-state index in [2.05, 4.69) is 14.8 Å². The van der Waals surface area contributed by atoms with E-state index < -0.39 is 0 Å². The molecule has 0 saturated carbocycles. The van der Waals surface area contributed by atoms with E-state index in [4.69, 9.17) is 21.3 Å². The zero-order valence-electron chi connectivity index (χ0n) is 17.0. The maximum Gasteiger partial charge on any atom is 0.255 e. The molecular formula is C24H21ClN4O2. The Morgan fingerprint density at radius 3 is 2.55 bits per heavy atom. The number of anilines is 2. The Morgan fingerprint density at radius 1 is 1.03 bits per heavy atom. The Bertz CT molecular complexity index is 1250. The minimum Gasteiger partial charge on any atom is -0.497 e. The number of rotatable bonds is 4. The first-order valence-electron chi connectivity index (χ1n) is 10.1. The Balaban J connectivity index is 1.29. The Kier molecular flexibility index (Phi) is 5.00. The summed E-state index contributed by atoms with van der Waals surface area (Å²) >= 11 is 6.12. The first-order valence-corrected chi connectivity index (χ1v) is 10.4. The first-order chi connectivity index (χ1) is 15.1. The number of amides is 1. The molecule has 1 aliphatic heterocycles. The number of fused-ring (bicyclic) bond motifs is 3. The molecule has 0 unspecified atom stereocenters. The van der Waals surface area contributed by atoms with Gasteiger partial charge in [0.2, 0.25) is 0 Å². The number of hydrogen-bond donors (Lipinski definition) is 1. The van der Waals surface area contributed by atoms with Crippen LogP contribution in [0.5, 0.6) is 5.75 Å². The zero-order valence-corrected chi connectivity index (χ0v) is 17.8. The van der Waals surface area contributed by atoms with Crippen molar-refractivity contribution >= 4 is 39.9 Å². The van der Waals surface area contributed by atoms with E-state index in [1.807, 2.05) is 42.5 Å². The lowest BCUT2D eigenvalue weighted by Crippen LogP contribution is -2.33. The molecular weight excluding hydrogens is 412 g/mol. The number of hydrogen-bond acceptors (Lipinski definition) is 4. The van der Waals surface area contributed by atoms with Gasteiger partial charge in [-0.15, -0.1) is 0 Å². The summed E-state index contributed by atoms with van der Waals surface area (Å²) in [5.41, 5.74) is 4.48. The molecule has 1 N–H and O–H groups in total. The highest BCUT2D eigenvalue weighted by Crippen LogP contribution is 2.27. The van der Waals surface area contributed by atoms with E-state index in [0.29, 0.717) is 10.6 Å². The average molecular weight is 433 g/mol. The second-order valence-electron chi connectivity index (χ2n) is 7.46. The number of nitrogens with zero attached hydrogens (tertiary/aromatic N) is 3. The lowest BCUT2D eigenvalue weighted by molar-refractivity contribution is 0.102. The number of aromatic nitrogens is 2. The van der Waals surface area contributed by atoms with E-state index in [0.717, 1.165) is 53.6 Å². The quantitative estimate of drug-likeness (QED) is 0.494. The molecule has 31 heavy (non-hydrogen) atoms. The van der Waals surface area contributed by atoms with Gasteiger partial charge >= 0.3 is 0 Å². The number of halogens is 1. The third-order valence-corrected chi connectivity index (χ3v) is 5.79. The standard InChI is InChI=1S/C24H21ClN4O2/c1-31-20-9-2-16(3-10-20)24(30)26-18-5-7-19(8-6-18)28-12-13-29-22-11-4-17(25)14-21(22)27-23(29)15-28/h2-11,14H,12-13,15H2,1H3,(H,26,30). The van der Waals surface area contributed by atoms with Crippen LogP contribution in [0.3, 0.4) is 0 Å². The summed E-state index contributed by atoms with van der Waals surface area (Å²) in [7, 11) is 1.60. The minimum atomic E-state index is -0.152. The van der Waals surface area contributed by atoms with Crippen molar-refractivity contribution in [2.45, 2.75) is 13.1 Å². The highest BCUT2D eigenvalue weighted by Gasteiger charge is 2.20. The van der Waals surface area contributed by atoms with Gasteiger partial charge in [0, 0.05) is 35.1 Å². The van der Waals surface area contributed by atoms with Crippen molar-refractivity contribution in [3.63, 3.8) is 0 Å². The largest absolute Gasteiger partial charge is 0.497 e. The number of methoxy groups -OCH3 is 1. The highest BCUT2D eigenvalue weighted by molar-refractivity contribution is 6.31. The fourth-order valence-corrected chi connectivity index (χ4v) is 4.08. The molecule has 2 heterocycles. The smallest absolute Gasteiger partial charge is 0.255 e. The molecule has 5 rings (SSSR count). The molecule has 0 saturated heterocycles. The summed E-state index contributed by atoms with van der Waals surface area (Å²) in [6.07, 6.45) is 0. The van der Waals surface area contributed by atoms with Gasteiger partial charge in [0.25, 0.3) is 5.91 Å². The summed E-state index contributed by atoms with van der Waals surface area (Å²) in [6, 6.07) is 20.8. The summed E-state index contributed by atoms with van der Waals surface area (Å²) in [5.74, 6) is 1.60. The van der Waals surface area contributed by atoms with Crippen molar-refractivity contribution < 1.29 is 9.53 Å². The zero-order chi connectivity index (χ0) is 21.4. The van der Waals surface area contributed by atoms with E-state index in [1.165, 1.54) is 0 Å². The van der Waals surface area contributed by atoms with Crippen LogP contribution in [0.2, 0.25) is 5.02 Å². The molecule has 1 amide bonds. The van der Waals surface area contributed by atoms with Crippen molar-refractivity contribution in [1.82, 2.24) is 9.55 Å². The van der Waals surface area contributed by atoms with Crippen LogP contribution in [0.25, 0.3) is 11.0 Å². The number of imidazole rings is 1. The summed E-state index contributed by atoms with van der Waals surface area (Å²) in [6.45, 7) is 2.48. The number of carbonyl (C=O) groups excluding carboxylic acids is 1. The lowest BCUT2D eigenvalue weighted by atomic mass is 10.2. The molecule has 156 valence electrons. The van der Waals surface area contributed by atoms with Crippen LogP contribution in [-0.2, 0) is 13.1 Å². The van der Waals surface area contributed by atoms with Gasteiger partial charge in [-0.3, -0.25) is 4.79 Å². The third kappa shape index (κ3) is 3.82. The third-order valence-electron chi connectivity index (χ3n) is 5.56. The SMILES string of the molecule is COc1ccc(C(=O)Nc2ccc(N3CCn4c(nc5cc(Cl)ccc54)C3)cc2)cc1. The molecule has 0 aliphatic carbocycles. The topological polar surface area (TPSA) is 59.4 Å². The Morgan fingerprint density at radius 2 is 1.81 bits per heavy atom. The second kappa shape index (κ2) is 7.96. The predicted molar refractivity (Wildman–Crippen MR) is 123 cm³/mol. The number of ether oxygens (including phenoxy) is 1. The van der Waals surface area contributed by atoms with Crippen LogP contribution in [0, 0.1) is 0 Å². The average Bonchev–Trinajstić information content (AvgIpc) is 3.16. The van der Waals surface area contributed by atoms with E-state index in [9.17, 15) is 4.79 Å².